The number of fused-ring (bicyclic) bond motifs is 5. The van der Waals surface area contributed by atoms with Crippen molar-refractivity contribution in [3.05, 3.63) is 82.5 Å². The minimum absolute atomic E-state index is 0.00905. The zero-order valence-electron chi connectivity index (χ0n) is 40.7. The number of carboxylic acids is 1. The third-order valence-electron chi connectivity index (χ3n) is 12.0. The summed E-state index contributed by atoms with van der Waals surface area (Å²) >= 11 is 0. The quantitative estimate of drug-likeness (QED) is 0.0597. The number of nitrogen functional groups attached to an aromatic ring is 1. The molecule has 2 amide bonds. The van der Waals surface area contributed by atoms with Crippen LogP contribution in [0.5, 0.6) is 17.2 Å². The number of hydrogen-bond acceptors (Lipinski definition) is 17. The van der Waals surface area contributed by atoms with E-state index in [0.717, 1.165) is 23.6 Å². The fourth-order valence-corrected chi connectivity index (χ4v) is 8.36. The predicted octanol–water partition coefficient (Wildman–Crippen LogP) is 1.63. The van der Waals surface area contributed by atoms with Crippen molar-refractivity contribution in [2.45, 2.75) is 83.1 Å². The second kappa shape index (κ2) is 23.9. The van der Waals surface area contributed by atoms with Gasteiger partial charge < -0.3 is 57.3 Å². The number of anilines is 1. The van der Waals surface area contributed by atoms with Crippen molar-refractivity contribution >= 4 is 45.4 Å². The predicted molar refractivity (Wildman–Crippen MR) is 261 cm³/mol. The smallest absolute Gasteiger partial charge is 0.326 e. The number of aromatic hydroxyl groups is 1. The van der Waals surface area contributed by atoms with Gasteiger partial charge in [0.2, 0.25) is 11.8 Å². The summed E-state index contributed by atoms with van der Waals surface area (Å²) in [6.45, 7) is 4.88. The maximum absolute atomic E-state index is 14.9. The number of alkyl halides is 2. The Bertz CT molecular complexity index is 2820. The number of aliphatic hydroxyl groups excluding tert-OH is 2. The molecule has 2 heterocycles. The summed E-state index contributed by atoms with van der Waals surface area (Å²) in [5, 5.41) is 50.4. The molecule has 1 aliphatic rings. The zero-order valence-corrected chi connectivity index (χ0v) is 41.5. The van der Waals surface area contributed by atoms with Gasteiger partial charge in [0.15, 0.2) is 28.9 Å². The lowest BCUT2D eigenvalue weighted by Crippen LogP contribution is -2.46. The van der Waals surface area contributed by atoms with E-state index < -0.39 is 137 Å². The van der Waals surface area contributed by atoms with Gasteiger partial charge in [-0.3, -0.25) is 19.2 Å². The molecule has 6 atom stereocenters. The first-order chi connectivity index (χ1) is 34.1. The Balaban J connectivity index is 1.69. The minimum Gasteiger partial charge on any atom is -0.504 e. The van der Waals surface area contributed by atoms with E-state index in [-0.39, 0.29) is 70.9 Å². The lowest BCUT2D eigenvalue weighted by Gasteiger charge is -2.32. The highest BCUT2D eigenvalue weighted by Crippen LogP contribution is 2.45. The van der Waals surface area contributed by atoms with Gasteiger partial charge in [-0.1, -0.05) is 58.0 Å². The highest BCUT2D eigenvalue weighted by Gasteiger charge is 2.38. The van der Waals surface area contributed by atoms with Crippen molar-refractivity contribution in [2.75, 3.05) is 45.6 Å². The van der Waals surface area contributed by atoms with Gasteiger partial charge in [-0.25, -0.2) is 33.4 Å². The molecule has 0 saturated carbocycles. The second-order valence-electron chi connectivity index (χ2n) is 18.7. The fourth-order valence-electron chi connectivity index (χ4n) is 7.93. The standard InChI is InChI=1S/C48H61F2N9O13S/c1-23-12-35(63)40(26-15-32(41(64)37(17-26)72-22-30(61)19-52)31-13-24(14-33(47(67)68)56-45(23)65)6-11-36(31)71-21-29(60)18-51)59(5)46(66)27(20-55-73(54,69)70)16-34(62)38-39(42(49)50)57-44(58-43(38)53)25-7-9-28(10-8-25)48(2,3)4/h6-11,13,15,17,23,27,29-30,33,40,42,55,60-61,64H,12,14,16,18-22,51-52H2,1-5H3,(H,56,65)(H,67,68)(H2,53,57,58)(H2,54,69,70)/t23-,27+,29-,30-,33+,40+/m1/s1. The molecule has 0 saturated heterocycles. The molecule has 1 aliphatic heterocycles. The number of nitrogens with two attached hydrogens (primary N) is 4. The molecule has 0 fully saturated rings. The van der Waals surface area contributed by atoms with E-state index in [1.807, 2.05) is 25.5 Å². The van der Waals surface area contributed by atoms with Crippen molar-refractivity contribution in [2.24, 2.45) is 28.4 Å². The van der Waals surface area contributed by atoms with Gasteiger partial charge in [0.05, 0.1) is 11.5 Å². The maximum Gasteiger partial charge on any atom is 0.326 e. The van der Waals surface area contributed by atoms with Gasteiger partial charge in [0.25, 0.3) is 16.6 Å². The summed E-state index contributed by atoms with van der Waals surface area (Å²) in [4.78, 5) is 79.0. The number of amides is 2. The van der Waals surface area contributed by atoms with Gasteiger partial charge in [-0.2, -0.15) is 8.42 Å². The number of halogens is 2. The third kappa shape index (κ3) is 14.5. The average molecular weight is 1040 g/mol. The molecule has 5 rings (SSSR count). The van der Waals surface area contributed by atoms with E-state index in [1.165, 1.54) is 31.2 Å². The summed E-state index contributed by atoms with van der Waals surface area (Å²) in [5.74, 6) is -10.7. The zero-order chi connectivity index (χ0) is 54.3. The first-order valence-corrected chi connectivity index (χ1v) is 24.4. The number of aliphatic carboxylic acids is 1. The lowest BCUT2D eigenvalue weighted by atomic mass is 9.86. The van der Waals surface area contributed by atoms with Crippen molar-refractivity contribution in [1.82, 2.24) is 24.9 Å². The number of ketones is 2. The van der Waals surface area contributed by atoms with Gasteiger partial charge in [0.1, 0.15) is 54.8 Å². The van der Waals surface area contributed by atoms with Gasteiger partial charge in [-0.05, 0) is 46.4 Å². The Kier molecular flexibility index (Phi) is 18.7. The van der Waals surface area contributed by atoms with Crippen LogP contribution in [0.4, 0.5) is 14.6 Å². The van der Waals surface area contributed by atoms with E-state index >= 15 is 0 Å². The number of nitrogens with zero attached hydrogens (tertiary/aromatic N) is 3. The summed E-state index contributed by atoms with van der Waals surface area (Å²) < 4.78 is 68.0. The lowest BCUT2D eigenvalue weighted by molar-refractivity contribution is -0.143. The number of rotatable bonds is 19. The van der Waals surface area contributed by atoms with Crippen LogP contribution in [0.1, 0.15) is 85.7 Å². The Morgan fingerprint density at radius 1 is 0.932 bits per heavy atom. The second-order valence-corrected chi connectivity index (χ2v) is 20.1. The Morgan fingerprint density at radius 3 is 2.11 bits per heavy atom. The number of ether oxygens (including phenoxy) is 2. The number of carbonyl (C=O) groups is 5. The topological polar surface area (TPSA) is 376 Å². The number of nitrogens with one attached hydrogen (secondary N) is 2. The van der Waals surface area contributed by atoms with Crippen LogP contribution in [0.3, 0.4) is 0 Å². The summed E-state index contributed by atoms with van der Waals surface area (Å²) in [6.07, 6.45) is -7.93. The maximum atomic E-state index is 14.9. The van der Waals surface area contributed by atoms with Gasteiger partial charge in [-0.15, -0.1) is 0 Å². The van der Waals surface area contributed by atoms with Crippen LogP contribution < -0.4 is 41.9 Å². The molecule has 4 bridgehead atoms. The van der Waals surface area contributed by atoms with Crippen LogP contribution in [-0.2, 0) is 41.2 Å². The van der Waals surface area contributed by atoms with E-state index in [0.29, 0.717) is 0 Å². The first-order valence-electron chi connectivity index (χ1n) is 22.9. The summed E-state index contributed by atoms with van der Waals surface area (Å²) in [6, 6.07) is 9.95. The SMILES string of the molecule is C[C@@H]1CC(=O)[C@@H](N(C)C(=O)[C@H](CNS(N)(=O)=O)CC(=O)c2c(N)nc(-c3ccc(C(C)(C)C)cc3)nc2C(F)F)c2cc(OC[C@H](O)CN)c(O)c(c2)-c2cc(ccc2OC[C@H](O)CN)C[C@@H](C(=O)O)NC1=O. The number of carbonyl (C=O) groups excluding carboxylic acids is 4. The van der Waals surface area contributed by atoms with Gasteiger partial charge >= 0.3 is 5.97 Å². The van der Waals surface area contributed by atoms with Crippen molar-refractivity contribution in [3.8, 4) is 39.8 Å². The molecule has 14 N–H and O–H groups in total. The van der Waals surface area contributed by atoms with E-state index in [4.69, 9.17) is 31.8 Å². The highest BCUT2D eigenvalue weighted by atomic mass is 32.2. The van der Waals surface area contributed by atoms with Crippen LogP contribution in [0, 0.1) is 11.8 Å². The van der Waals surface area contributed by atoms with Crippen LogP contribution in [0.25, 0.3) is 22.5 Å². The largest absolute Gasteiger partial charge is 0.504 e. The number of benzene rings is 3. The normalized spacial score (nSPS) is 17.7. The molecule has 73 heavy (non-hydrogen) atoms. The fraction of sp³-hybridized carbons (Fsp3) is 0.438. The van der Waals surface area contributed by atoms with Crippen molar-refractivity contribution in [3.63, 3.8) is 0 Å². The number of aliphatic hydroxyl groups is 2. The molecule has 4 aromatic rings. The van der Waals surface area contributed by atoms with Crippen LogP contribution in [0.15, 0.2) is 54.6 Å². The number of Topliss-reactive ketones (excluding diaryl/α,β-unsaturated/α-hetero) is 2. The number of likely N-dealkylation sites (N-methyl/N-ethyl adjacent to an activating group) is 1. The number of aromatic nitrogens is 2. The first kappa shape index (κ1) is 57.2. The molecule has 396 valence electrons. The Morgan fingerprint density at radius 2 is 1.55 bits per heavy atom. The van der Waals surface area contributed by atoms with Crippen LogP contribution in [-0.4, -0.2) is 131 Å². The van der Waals surface area contributed by atoms with E-state index in [9.17, 15) is 61.6 Å². The number of carboxylic acid groups (broad SMARTS) is 1. The van der Waals surface area contributed by atoms with Crippen molar-refractivity contribution < 1.29 is 71.1 Å². The summed E-state index contributed by atoms with van der Waals surface area (Å²) in [5.41, 5.74) is 16.4. The van der Waals surface area contributed by atoms with Gasteiger partial charge in [0, 0.05) is 68.6 Å². The average Bonchev–Trinajstić information content (AvgIpc) is 3.32. The number of phenolic OH excluding ortho intramolecular Hbond substituents is 1. The molecular formula is C48H61F2N9O13S. The monoisotopic (exact) mass is 1040 g/mol. The molecule has 3 aromatic carbocycles. The molecule has 0 radical (unpaired) electrons. The molecule has 0 aliphatic carbocycles. The number of hydrogen-bond donors (Lipinski definition) is 10. The van der Waals surface area contributed by atoms with Crippen LogP contribution in [0.2, 0.25) is 0 Å². The Hall–Kier alpha value is -6.74. The van der Waals surface area contributed by atoms with Crippen LogP contribution >= 0.6 is 0 Å². The molecule has 22 nitrogen and oxygen atoms in total. The Labute approximate surface area is 419 Å². The minimum atomic E-state index is -4.62. The van der Waals surface area contributed by atoms with Crippen molar-refractivity contribution in [1.29, 1.82) is 0 Å². The molecular weight excluding hydrogens is 981 g/mol. The van der Waals surface area contributed by atoms with E-state index in [2.05, 4.69) is 15.3 Å². The molecule has 0 spiro atoms. The molecule has 25 heteroatoms. The third-order valence-corrected chi connectivity index (χ3v) is 12.5. The number of phenols is 1. The van der Waals surface area contributed by atoms with E-state index in [1.54, 1.807) is 24.3 Å². The molecule has 0 unspecified atom stereocenters. The summed E-state index contributed by atoms with van der Waals surface area (Å²) in [7, 11) is -3.54. The highest BCUT2D eigenvalue weighted by molar-refractivity contribution is 7.87. The molecule has 1 aromatic heterocycles.